The van der Waals surface area contributed by atoms with Gasteiger partial charge in [0.05, 0.1) is 17.9 Å². The highest BCUT2D eigenvalue weighted by molar-refractivity contribution is 6.05. The van der Waals surface area contributed by atoms with Crippen LogP contribution in [0.5, 0.6) is 0 Å². The van der Waals surface area contributed by atoms with Crippen LogP contribution in [0.3, 0.4) is 0 Å². The van der Waals surface area contributed by atoms with Gasteiger partial charge in [-0.2, -0.15) is 0 Å². The van der Waals surface area contributed by atoms with Crippen molar-refractivity contribution in [2.24, 2.45) is 0 Å². The summed E-state index contributed by atoms with van der Waals surface area (Å²) in [7, 11) is 0. The fourth-order valence-electron chi connectivity index (χ4n) is 4.78. The van der Waals surface area contributed by atoms with Gasteiger partial charge in [0.1, 0.15) is 6.04 Å². The summed E-state index contributed by atoms with van der Waals surface area (Å²) < 4.78 is 1.97. The highest BCUT2D eigenvalue weighted by atomic mass is 16.2. The Labute approximate surface area is 185 Å². The zero-order chi connectivity index (χ0) is 22.1. The summed E-state index contributed by atoms with van der Waals surface area (Å²) in [5, 5.41) is 17.7. The number of fused-ring (bicyclic) bond motifs is 1. The molecule has 1 aromatic heterocycles. The molecule has 0 saturated carbocycles. The summed E-state index contributed by atoms with van der Waals surface area (Å²) in [4.78, 5) is 38.2. The fraction of sp³-hybridized carbons (Fsp3) is 0.500. The van der Waals surface area contributed by atoms with Crippen molar-refractivity contribution in [2.45, 2.75) is 57.4 Å². The summed E-state index contributed by atoms with van der Waals surface area (Å²) in [6.07, 6.45) is 4.74. The van der Waals surface area contributed by atoms with Crippen LogP contribution in [0.2, 0.25) is 0 Å². The van der Waals surface area contributed by atoms with Crippen molar-refractivity contribution in [3.63, 3.8) is 0 Å². The predicted octanol–water partition coefficient (Wildman–Crippen LogP) is 0.253. The molecular weight excluding hydrogens is 410 g/mol. The number of hydrogen-bond donors (Lipinski definition) is 3. The predicted molar refractivity (Wildman–Crippen MR) is 114 cm³/mol. The van der Waals surface area contributed by atoms with E-state index in [9.17, 15) is 14.4 Å². The molecule has 1 atom stereocenters. The molecule has 3 aliphatic heterocycles. The van der Waals surface area contributed by atoms with Gasteiger partial charge in [0.25, 0.3) is 5.91 Å². The van der Waals surface area contributed by atoms with Gasteiger partial charge in [0, 0.05) is 31.6 Å². The minimum absolute atomic E-state index is 0.152. The zero-order valence-corrected chi connectivity index (χ0v) is 17.8. The molecule has 2 fully saturated rings. The molecular formula is C22H27N7O3. The Morgan fingerprint density at radius 1 is 1.09 bits per heavy atom. The monoisotopic (exact) mass is 437 g/mol. The molecule has 0 radical (unpaired) electrons. The maximum absolute atomic E-state index is 12.9. The minimum Gasteiger partial charge on any atom is -0.322 e. The van der Waals surface area contributed by atoms with E-state index in [2.05, 4.69) is 26.3 Å². The molecule has 1 aromatic carbocycles. The molecule has 2 aromatic rings. The second-order valence-corrected chi connectivity index (χ2v) is 8.62. The molecule has 32 heavy (non-hydrogen) atoms. The third-order valence-corrected chi connectivity index (χ3v) is 6.54. The molecule has 0 aliphatic carbocycles. The van der Waals surface area contributed by atoms with Crippen LogP contribution in [0.1, 0.15) is 58.9 Å². The van der Waals surface area contributed by atoms with E-state index < -0.39 is 6.04 Å². The van der Waals surface area contributed by atoms with Gasteiger partial charge in [-0.15, -0.1) is 5.10 Å². The Hall–Kier alpha value is -3.11. The minimum atomic E-state index is -0.599. The number of rotatable bonds is 6. The van der Waals surface area contributed by atoms with Crippen LogP contribution < -0.4 is 16.0 Å². The Morgan fingerprint density at radius 2 is 1.94 bits per heavy atom. The van der Waals surface area contributed by atoms with Crippen molar-refractivity contribution in [1.29, 1.82) is 0 Å². The van der Waals surface area contributed by atoms with Crippen LogP contribution in [-0.4, -0.2) is 56.7 Å². The van der Waals surface area contributed by atoms with Gasteiger partial charge in [-0.05, 0) is 49.5 Å². The summed E-state index contributed by atoms with van der Waals surface area (Å²) in [6, 6.07) is 5.48. The number of hydrogen-bond acceptors (Lipinski definition) is 7. The Bertz CT molecular complexity index is 1040. The Kier molecular flexibility index (Phi) is 5.71. The first-order valence-corrected chi connectivity index (χ1v) is 11.2. The van der Waals surface area contributed by atoms with Crippen molar-refractivity contribution < 1.29 is 14.4 Å². The van der Waals surface area contributed by atoms with E-state index >= 15 is 0 Å². The molecule has 0 bridgehead atoms. The number of aromatic nitrogens is 3. The number of nitrogens with one attached hydrogen (secondary N) is 3. The lowest BCUT2D eigenvalue weighted by Gasteiger charge is -2.29. The standard InChI is InChI=1S/C22H27N7O3/c30-20-5-4-19(21(31)25-20)28-13-18-14(2-1-3-17(18)22(28)32)10-24-11-15-12-29(27-26-15)16-6-8-23-9-7-16/h1-3,12,16,19,23-24H,4-11,13H2,(H,25,30,31). The molecule has 0 spiro atoms. The van der Waals surface area contributed by atoms with Gasteiger partial charge in [-0.1, -0.05) is 17.3 Å². The van der Waals surface area contributed by atoms with E-state index in [0.717, 1.165) is 42.8 Å². The summed E-state index contributed by atoms with van der Waals surface area (Å²) in [6.45, 7) is 3.56. The zero-order valence-electron chi connectivity index (χ0n) is 17.8. The largest absolute Gasteiger partial charge is 0.322 e. The van der Waals surface area contributed by atoms with E-state index in [1.807, 2.05) is 23.0 Å². The smallest absolute Gasteiger partial charge is 0.255 e. The first kappa shape index (κ1) is 20.8. The molecule has 3 amide bonds. The molecule has 10 heteroatoms. The third-order valence-electron chi connectivity index (χ3n) is 6.54. The maximum Gasteiger partial charge on any atom is 0.255 e. The highest BCUT2D eigenvalue weighted by Gasteiger charge is 2.39. The number of piperidine rings is 2. The molecule has 3 N–H and O–H groups in total. The van der Waals surface area contributed by atoms with E-state index in [-0.39, 0.29) is 24.1 Å². The van der Waals surface area contributed by atoms with Crippen LogP contribution in [-0.2, 0) is 29.2 Å². The molecule has 4 heterocycles. The number of amides is 3. The second-order valence-electron chi connectivity index (χ2n) is 8.62. The Balaban J connectivity index is 1.22. The van der Waals surface area contributed by atoms with E-state index in [4.69, 9.17) is 0 Å². The number of carbonyl (C=O) groups excluding carboxylic acids is 3. The van der Waals surface area contributed by atoms with Crippen LogP contribution in [0.4, 0.5) is 0 Å². The van der Waals surface area contributed by atoms with Crippen LogP contribution in [0, 0.1) is 0 Å². The average Bonchev–Trinajstić information content (AvgIpc) is 3.40. The summed E-state index contributed by atoms with van der Waals surface area (Å²) >= 11 is 0. The molecule has 2 saturated heterocycles. The quantitative estimate of drug-likeness (QED) is 0.554. The molecule has 10 nitrogen and oxygen atoms in total. The first-order chi connectivity index (χ1) is 15.6. The lowest BCUT2D eigenvalue weighted by atomic mass is 10.0. The van der Waals surface area contributed by atoms with Gasteiger partial charge in [-0.25, -0.2) is 4.68 Å². The third kappa shape index (κ3) is 4.03. The van der Waals surface area contributed by atoms with Crippen LogP contribution >= 0.6 is 0 Å². The van der Waals surface area contributed by atoms with Crippen LogP contribution in [0.15, 0.2) is 24.4 Å². The van der Waals surface area contributed by atoms with Gasteiger partial charge < -0.3 is 15.5 Å². The number of nitrogens with zero attached hydrogens (tertiary/aromatic N) is 4. The highest BCUT2D eigenvalue weighted by Crippen LogP contribution is 2.29. The lowest BCUT2D eigenvalue weighted by molar-refractivity contribution is -0.136. The second kappa shape index (κ2) is 8.79. The van der Waals surface area contributed by atoms with Gasteiger partial charge in [0.15, 0.2) is 0 Å². The topological polar surface area (TPSA) is 121 Å². The summed E-state index contributed by atoms with van der Waals surface area (Å²) in [5.41, 5.74) is 3.48. The normalized spacial score (nSPS) is 21.7. The Morgan fingerprint density at radius 3 is 2.75 bits per heavy atom. The lowest BCUT2D eigenvalue weighted by Crippen LogP contribution is -2.52. The molecule has 3 aliphatic rings. The average molecular weight is 438 g/mol. The molecule has 168 valence electrons. The molecule has 5 rings (SSSR count). The first-order valence-electron chi connectivity index (χ1n) is 11.2. The maximum atomic E-state index is 12.9. The number of carbonyl (C=O) groups is 3. The van der Waals surface area contributed by atoms with E-state index in [1.165, 1.54) is 0 Å². The van der Waals surface area contributed by atoms with Gasteiger partial charge >= 0.3 is 0 Å². The van der Waals surface area contributed by atoms with Gasteiger partial charge in [0.2, 0.25) is 11.8 Å². The summed E-state index contributed by atoms with van der Waals surface area (Å²) in [5.74, 6) is -0.822. The van der Waals surface area contributed by atoms with Crippen molar-refractivity contribution in [1.82, 2.24) is 35.8 Å². The number of imide groups is 1. The van der Waals surface area contributed by atoms with E-state index in [1.54, 1.807) is 11.0 Å². The van der Waals surface area contributed by atoms with Gasteiger partial charge in [-0.3, -0.25) is 19.7 Å². The van der Waals surface area contributed by atoms with Crippen molar-refractivity contribution in [3.8, 4) is 0 Å². The molecule has 1 unspecified atom stereocenters. The van der Waals surface area contributed by atoms with Crippen molar-refractivity contribution in [3.05, 3.63) is 46.8 Å². The fourth-order valence-corrected chi connectivity index (χ4v) is 4.78. The van der Waals surface area contributed by atoms with Crippen molar-refractivity contribution in [2.75, 3.05) is 13.1 Å². The SMILES string of the molecule is O=C1CCC(N2Cc3c(CNCc4cn(C5CCNCC5)nn4)cccc3C2=O)C(=O)N1. The van der Waals surface area contributed by atoms with Crippen molar-refractivity contribution >= 4 is 17.7 Å². The van der Waals surface area contributed by atoms with E-state index in [0.29, 0.717) is 37.7 Å². The van der Waals surface area contributed by atoms with Crippen LogP contribution in [0.25, 0.3) is 0 Å². The number of benzene rings is 1.